The van der Waals surface area contributed by atoms with Crippen molar-refractivity contribution < 1.29 is 8.94 Å². The Balaban J connectivity index is 1.81. The van der Waals surface area contributed by atoms with Gasteiger partial charge in [0.25, 0.3) is 0 Å². The number of hydrogen-bond acceptors (Lipinski definition) is 8. The van der Waals surface area contributed by atoms with E-state index in [1.165, 1.54) is 6.39 Å². The topological polar surface area (TPSA) is 116 Å². The highest BCUT2D eigenvalue weighted by Gasteiger charge is 2.09. The number of nitrogens with one attached hydrogen (secondary N) is 1. The van der Waals surface area contributed by atoms with Gasteiger partial charge in [0, 0.05) is 13.0 Å². The highest BCUT2D eigenvalue weighted by atomic mass is 16.5. The van der Waals surface area contributed by atoms with Gasteiger partial charge in [-0.2, -0.15) is 4.98 Å². The number of hydrogen-bond donors (Lipinski definition) is 2. The third-order valence-corrected chi connectivity index (χ3v) is 1.86. The molecule has 2 aromatic rings. The molecule has 16 heavy (non-hydrogen) atoms. The van der Waals surface area contributed by atoms with Crippen LogP contribution in [0.2, 0.25) is 0 Å². The average molecular weight is 224 g/mol. The van der Waals surface area contributed by atoms with Gasteiger partial charge in [0.2, 0.25) is 12.3 Å². The Bertz CT molecular complexity index is 423. The van der Waals surface area contributed by atoms with Crippen molar-refractivity contribution in [3.8, 4) is 0 Å². The Morgan fingerprint density at radius 2 is 2.38 bits per heavy atom. The van der Waals surface area contributed by atoms with Crippen molar-refractivity contribution in [3.63, 3.8) is 0 Å². The van der Waals surface area contributed by atoms with E-state index in [4.69, 9.17) is 10.2 Å². The van der Waals surface area contributed by atoms with Crippen molar-refractivity contribution in [1.82, 2.24) is 20.3 Å². The Labute approximate surface area is 91.2 Å². The lowest BCUT2D eigenvalue weighted by atomic mass is 10.4. The van der Waals surface area contributed by atoms with Crippen LogP contribution < -0.4 is 11.1 Å². The largest absolute Gasteiger partial charge is 0.406 e. The van der Waals surface area contributed by atoms with Crippen LogP contribution in [0.25, 0.3) is 0 Å². The summed E-state index contributed by atoms with van der Waals surface area (Å²) in [5, 5.41) is 14.2. The minimum Gasteiger partial charge on any atom is -0.406 e. The van der Waals surface area contributed by atoms with Gasteiger partial charge in [0.05, 0.1) is 6.04 Å². The smallest absolute Gasteiger partial charge is 0.315 e. The molecule has 0 radical (unpaired) electrons. The zero-order chi connectivity index (χ0) is 11.4. The van der Waals surface area contributed by atoms with E-state index in [1.807, 2.05) is 0 Å². The molecule has 3 N–H and O–H groups in total. The molecule has 0 saturated heterocycles. The maximum absolute atomic E-state index is 5.58. The second-order valence-corrected chi connectivity index (χ2v) is 3.26. The predicted octanol–water partition coefficient (Wildman–Crippen LogP) is 0.127. The molecule has 0 amide bonds. The first-order valence-corrected chi connectivity index (χ1v) is 4.84. The lowest BCUT2D eigenvalue weighted by Gasteiger charge is -1.98. The molecule has 8 heteroatoms. The van der Waals surface area contributed by atoms with Crippen LogP contribution in [0.15, 0.2) is 15.3 Å². The summed E-state index contributed by atoms with van der Waals surface area (Å²) in [4.78, 5) is 3.88. The standard InChI is InChI=1S/C8H12N6O2/c1-5(9)7-12-13-8(16-7)10-3-2-6-11-4-15-14-6/h4-5H,2-3,9H2,1H3,(H,10,13). The van der Waals surface area contributed by atoms with Gasteiger partial charge < -0.3 is 20.0 Å². The molecule has 0 aliphatic heterocycles. The average Bonchev–Trinajstić information content (AvgIpc) is 2.87. The van der Waals surface area contributed by atoms with E-state index in [2.05, 4.69) is 30.2 Å². The van der Waals surface area contributed by atoms with E-state index in [0.717, 1.165) is 0 Å². The Kier molecular flexibility index (Phi) is 3.10. The van der Waals surface area contributed by atoms with Crippen molar-refractivity contribution in [2.45, 2.75) is 19.4 Å². The van der Waals surface area contributed by atoms with E-state index >= 15 is 0 Å². The molecular weight excluding hydrogens is 212 g/mol. The van der Waals surface area contributed by atoms with Crippen molar-refractivity contribution in [1.29, 1.82) is 0 Å². The highest BCUT2D eigenvalue weighted by molar-refractivity contribution is 5.17. The maximum Gasteiger partial charge on any atom is 0.315 e. The maximum atomic E-state index is 5.58. The predicted molar refractivity (Wildman–Crippen MR) is 53.4 cm³/mol. The normalized spacial score (nSPS) is 12.6. The molecule has 0 aliphatic carbocycles. The molecule has 0 aromatic carbocycles. The Morgan fingerprint density at radius 3 is 3.00 bits per heavy atom. The lowest BCUT2D eigenvalue weighted by Crippen LogP contribution is -2.06. The number of aromatic nitrogens is 4. The second-order valence-electron chi connectivity index (χ2n) is 3.26. The van der Waals surface area contributed by atoms with Crippen LogP contribution in [0.3, 0.4) is 0 Å². The van der Waals surface area contributed by atoms with Crippen LogP contribution in [0.1, 0.15) is 24.7 Å². The Hall–Kier alpha value is -1.96. The fourth-order valence-electron chi connectivity index (χ4n) is 1.07. The van der Waals surface area contributed by atoms with Gasteiger partial charge in [-0.25, -0.2) is 0 Å². The van der Waals surface area contributed by atoms with E-state index in [1.54, 1.807) is 6.92 Å². The van der Waals surface area contributed by atoms with Crippen molar-refractivity contribution in [2.24, 2.45) is 5.73 Å². The summed E-state index contributed by atoms with van der Waals surface area (Å²) in [6.45, 7) is 2.36. The summed E-state index contributed by atoms with van der Waals surface area (Å²) >= 11 is 0. The molecular formula is C8H12N6O2. The zero-order valence-electron chi connectivity index (χ0n) is 8.75. The fourth-order valence-corrected chi connectivity index (χ4v) is 1.07. The molecule has 0 bridgehead atoms. The third kappa shape index (κ3) is 2.54. The fraction of sp³-hybridized carbons (Fsp3) is 0.500. The molecule has 86 valence electrons. The summed E-state index contributed by atoms with van der Waals surface area (Å²) in [5.41, 5.74) is 5.58. The van der Waals surface area contributed by atoms with Crippen LogP contribution in [0, 0.1) is 0 Å². The van der Waals surface area contributed by atoms with Gasteiger partial charge in [0.1, 0.15) is 0 Å². The summed E-state index contributed by atoms with van der Waals surface area (Å²) in [6, 6.07) is 0.0797. The van der Waals surface area contributed by atoms with Crippen LogP contribution in [0.5, 0.6) is 0 Å². The molecule has 0 aliphatic rings. The number of rotatable bonds is 5. The van der Waals surface area contributed by atoms with E-state index in [0.29, 0.717) is 30.7 Å². The monoisotopic (exact) mass is 224 g/mol. The highest BCUT2D eigenvalue weighted by Crippen LogP contribution is 2.10. The molecule has 8 nitrogen and oxygen atoms in total. The molecule has 2 aromatic heterocycles. The van der Waals surface area contributed by atoms with Crippen molar-refractivity contribution in [2.75, 3.05) is 11.9 Å². The first-order valence-electron chi connectivity index (χ1n) is 4.84. The molecule has 1 atom stereocenters. The second kappa shape index (κ2) is 4.71. The van der Waals surface area contributed by atoms with Gasteiger partial charge in [0.15, 0.2) is 5.82 Å². The molecule has 0 spiro atoms. The van der Waals surface area contributed by atoms with E-state index in [-0.39, 0.29) is 6.04 Å². The molecule has 2 rings (SSSR count). The molecule has 2 heterocycles. The summed E-state index contributed by atoms with van der Waals surface area (Å²) in [7, 11) is 0. The van der Waals surface area contributed by atoms with Gasteiger partial charge >= 0.3 is 6.01 Å². The third-order valence-electron chi connectivity index (χ3n) is 1.86. The van der Waals surface area contributed by atoms with Gasteiger partial charge in [-0.05, 0) is 6.92 Å². The number of nitrogens with zero attached hydrogens (tertiary/aromatic N) is 4. The van der Waals surface area contributed by atoms with E-state index < -0.39 is 0 Å². The van der Waals surface area contributed by atoms with Crippen LogP contribution in [-0.2, 0) is 6.42 Å². The van der Waals surface area contributed by atoms with E-state index in [9.17, 15) is 0 Å². The zero-order valence-corrected chi connectivity index (χ0v) is 8.75. The lowest BCUT2D eigenvalue weighted by molar-refractivity contribution is 0.410. The SMILES string of the molecule is CC(N)c1nnc(NCCc2ncon2)o1. The summed E-state index contributed by atoms with van der Waals surface area (Å²) < 4.78 is 9.84. The minimum atomic E-state index is -0.264. The number of anilines is 1. The van der Waals surface area contributed by atoms with Gasteiger partial charge in [-0.15, -0.1) is 5.10 Å². The van der Waals surface area contributed by atoms with Crippen LogP contribution in [-0.4, -0.2) is 26.9 Å². The first kappa shape index (κ1) is 10.6. The van der Waals surface area contributed by atoms with Crippen molar-refractivity contribution in [3.05, 3.63) is 18.1 Å². The Morgan fingerprint density at radius 1 is 1.50 bits per heavy atom. The van der Waals surface area contributed by atoms with Crippen molar-refractivity contribution >= 4 is 6.01 Å². The van der Waals surface area contributed by atoms with Crippen LogP contribution in [0.4, 0.5) is 6.01 Å². The molecule has 1 unspecified atom stereocenters. The quantitative estimate of drug-likeness (QED) is 0.735. The summed E-state index contributed by atoms with van der Waals surface area (Å²) in [5.74, 6) is 1.03. The number of nitrogens with two attached hydrogens (primary N) is 1. The van der Waals surface area contributed by atoms with Gasteiger partial charge in [-0.3, -0.25) is 0 Å². The summed E-state index contributed by atoms with van der Waals surface area (Å²) in [6.07, 6.45) is 1.91. The first-order chi connectivity index (χ1) is 7.75. The van der Waals surface area contributed by atoms with Crippen LogP contribution >= 0.6 is 0 Å². The minimum absolute atomic E-state index is 0.264. The molecule has 0 fully saturated rings. The van der Waals surface area contributed by atoms with Gasteiger partial charge in [-0.1, -0.05) is 10.3 Å². The molecule has 0 saturated carbocycles.